The molecule has 0 unspecified atom stereocenters. The van der Waals surface area contributed by atoms with Gasteiger partial charge in [-0.2, -0.15) is 0 Å². The zero-order chi connectivity index (χ0) is 15.5. The number of hydrogen-bond acceptors (Lipinski definition) is 2. The second-order valence-electron chi connectivity index (χ2n) is 4.02. The molecule has 4 amide bonds. The van der Waals surface area contributed by atoms with Gasteiger partial charge in [-0.05, 0) is 34.6 Å². The summed E-state index contributed by atoms with van der Waals surface area (Å²) in [6, 6.07) is -0.241. The quantitative estimate of drug-likeness (QED) is 0.703. The van der Waals surface area contributed by atoms with Crippen LogP contribution in [-0.2, 0) is 0 Å². The van der Waals surface area contributed by atoms with Crippen LogP contribution in [0.5, 0.6) is 0 Å². The lowest BCUT2D eigenvalue weighted by Gasteiger charge is -2.34. The molecule has 0 aliphatic rings. The summed E-state index contributed by atoms with van der Waals surface area (Å²) < 4.78 is 3.49. The summed E-state index contributed by atoms with van der Waals surface area (Å²) in [4.78, 5) is 24.3. The molecule has 0 bridgehead atoms. The summed E-state index contributed by atoms with van der Waals surface area (Å²) in [5, 5.41) is 5.61. The number of carbonyl (C=O) groups is 2. The van der Waals surface area contributed by atoms with Crippen molar-refractivity contribution in [2.75, 3.05) is 26.2 Å². The van der Waals surface area contributed by atoms with Gasteiger partial charge in [0.1, 0.15) is 0 Å². The SMILES string of the molecule is CC=C[Si](N(CC)C(=O)NCC)N(CC)C(=O)NCC. The predicted octanol–water partition coefficient (Wildman–Crippen LogP) is 1.69. The molecular formula is C13H27N4O2Si. The molecule has 0 spiro atoms. The molecule has 2 N–H and O–H groups in total. The number of nitrogens with one attached hydrogen (secondary N) is 2. The number of rotatable bonds is 7. The lowest BCUT2D eigenvalue weighted by atomic mass is 10.7. The number of hydrogen-bond donors (Lipinski definition) is 2. The summed E-state index contributed by atoms with van der Waals surface area (Å²) in [5.41, 5.74) is 1.96. The normalized spacial score (nSPS) is 10.7. The first-order valence-corrected chi connectivity index (χ1v) is 8.64. The number of amides is 4. The van der Waals surface area contributed by atoms with Gasteiger partial charge in [0.15, 0.2) is 0 Å². The summed E-state index contributed by atoms with van der Waals surface area (Å²) in [6.45, 7) is 11.8. The fraction of sp³-hybridized carbons (Fsp3) is 0.692. The van der Waals surface area contributed by atoms with Crippen LogP contribution in [0.2, 0.25) is 0 Å². The maximum Gasteiger partial charge on any atom is 0.335 e. The van der Waals surface area contributed by atoms with E-state index in [0.29, 0.717) is 26.2 Å². The van der Waals surface area contributed by atoms with Crippen molar-refractivity contribution in [3.05, 3.63) is 11.8 Å². The third-order valence-corrected chi connectivity index (χ3v) is 5.42. The minimum atomic E-state index is -1.55. The first kappa shape index (κ1) is 18.5. The van der Waals surface area contributed by atoms with E-state index in [2.05, 4.69) is 10.6 Å². The molecule has 6 nitrogen and oxygen atoms in total. The van der Waals surface area contributed by atoms with E-state index in [9.17, 15) is 9.59 Å². The first-order valence-electron chi connectivity index (χ1n) is 7.17. The van der Waals surface area contributed by atoms with Gasteiger partial charge in [-0.1, -0.05) is 11.8 Å². The number of allylic oxidation sites excluding steroid dienone is 1. The molecule has 0 saturated carbocycles. The van der Waals surface area contributed by atoms with Crippen molar-refractivity contribution >= 4 is 21.2 Å². The van der Waals surface area contributed by atoms with Crippen molar-refractivity contribution in [3.63, 3.8) is 0 Å². The number of urea groups is 2. The van der Waals surface area contributed by atoms with E-state index >= 15 is 0 Å². The van der Waals surface area contributed by atoms with Crippen molar-refractivity contribution in [2.45, 2.75) is 34.6 Å². The lowest BCUT2D eigenvalue weighted by Crippen LogP contribution is -2.60. The molecule has 0 aromatic rings. The minimum Gasteiger partial charge on any atom is -0.339 e. The Bertz CT molecular complexity index is 310. The van der Waals surface area contributed by atoms with Gasteiger partial charge < -0.3 is 19.8 Å². The highest BCUT2D eigenvalue weighted by Gasteiger charge is 2.31. The van der Waals surface area contributed by atoms with Gasteiger partial charge >= 0.3 is 21.2 Å². The Morgan fingerprint density at radius 1 is 0.950 bits per heavy atom. The standard InChI is InChI=1S/C13H27N4O2Si/c1-6-11-20(16(9-4)12(18)14-7-2)17(10-5)13(19)15-8-3/h6,11H,7-10H2,1-5H3,(H,14,18)(H,15,19). The van der Waals surface area contributed by atoms with E-state index in [1.54, 1.807) is 9.13 Å². The van der Waals surface area contributed by atoms with Crippen molar-refractivity contribution in [1.29, 1.82) is 0 Å². The highest BCUT2D eigenvalue weighted by molar-refractivity contribution is 6.63. The van der Waals surface area contributed by atoms with Crippen LogP contribution in [-0.4, -0.2) is 56.5 Å². The molecule has 20 heavy (non-hydrogen) atoms. The van der Waals surface area contributed by atoms with Crippen LogP contribution in [0.4, 0.5) is 9.59 Å². The van der Waals surface area contributed by atoms with Gasteiger partial charge in [-0.25, -0.2) is 9.59 Å². The van der Waals surface area contributed by atoms with Crippen LogP contribution in [0, 0.1) is 0 Å². The molecule has 0 aliphatic heterocycles. The Labute approximate surface area is 124 Å². The fourth-order valence-corrected chi connectivity index (χ4v) is 3.96. The van der Waals surface area contributed by atoms with E-state index in [1.165, 1.54) is 0 Å². The monoisotopic (exact) mass is 299 g/mol. The second kappa shape index (κ2) is 10.3. The predicted molar refractivity (Wildman–Crippen MR) is 83.5 cm³/mol. The Morgan fingerprint density at radius 2 is 1.35 bits per heavy atom. The van der Waals surface area contributed by atoms with Crippen LogP contribution in [0.1, 0.15) is 34.6 Å². The van der Waals surface area contributed by atoms with Gasteiger partial charge in [-0.3, -0.25) is 0 Å². The van der Waals surface area contributed by atoms with E-state index in [0.717, 1.165) is 0 Å². The first-order chi connectivity index (χ1) is 9.56. The summed E-state index contributed by atoms with van der Waals surface area (Å²) in [7, 11) is -1.55. The molecule has 0 saturated heterocycles. The number of nitrogens with zero attached hydrogens (tertiary/aromatic N) is 2. The lowest BCUT2D eigenvalue weighted by molar-refractivity contribution is 0.213. The van der Waals surface area contributed by atoms with E-state index < -0.39 is 9.12 Å². The Kier molecular flexibility index (Phi) is 9.53. The van der Waals surface area contributed by atoms with Crippen molar-refractivity contribution in [3.8, 4) is 0 Å². The minimum absolute atomic E-state index is 0.121. The molecule has 0 fully saturated rings. The van der Waals surface area contributed by atoms with Gasteiger partial charge in [0.05, 0.1) is 0 Å². The Balaban J connectivity index is 5.24. The van der Waals surface area contributed by atoms with E-state index in [-0.39, 0.29) is 12.1 Å². The van der Waals surface area contributed by atoms with Gasteiger partial charge in [0, 0.05) is 26.2 Å². The van der Waals surface area contributed by atoms with Crippen molar-refractivity contribution in [1.82, 2.24) is 19.8 Å². The summed E-state index contributed by atoms with van der Waals surface area (Å²) >= 11 is 0. The number of carbonyl (C=O) groups excluding carboxylic acids is 2. The Morgan fingerprint density at radius 3 is 1.60 bits per heavy atom. The van der Waals surface area contributed by atoms with E-state index in [4.69, 9.17) is 0 Å². The van der Waals surface area contributed by atoms with Crippen molar-refractivity contribution < 1.29 is 9.59 Å². The molecule has 115 valence electrons. The molecule has 0 aromatic heterocycles. The maximum absolute atomic E-state index is 12.1. The Hall–Kier alpha value is -1.50. The van der Waals surface area contributed by atoms with Crippen LogP contribution in [0.15, 0.2) is 11.8 Å². The third kappa shape index (κ3) is 5.24. The second-order valence-corrected chi connectivity index (χ2v) is 6.15. The molecular weight excluding hydrogens is 272 g/mol. The van der Waals surface area contributed by atoms with Crippen LogP contribution in [0.25, 0.3) is 0 Å². The van der Waals surface area contributed by atoms with Crippen molar-refractivity contribution in [2.24, 2.45) is 0 Å². The van der Waals surface area contributed by atoms with Crippen LogP contribution in [0.3, 0.4) is 0 Å². The summed E-state index contributed by atoms with van der Waals surface area (Å²) in [5.74, 6) is 0. The molecule has 7 heteroatoms. The molecule has 0 aromatic carbocycles. The van der Waals surface area contributed by atoms with Crippen LogP contribution < -0.4 is 10.6 Å². The molecule has 0 rings (SSSR count). The average Bonchev–Trinajstić information content (AvgIpc) is 2.41. The fourth-order valence-electron chi connectivity index (χ4n) is 1.79. The summed E-state index contributed by atoms with van der Waals surface area (Å²) in [6.07, 6.45) is 1.90. The topological polar surface area (TPSA) is 64.7 Å². The maximum atomic E-state index is 12.1. The smallest absolute Gasteiger partial charge is 0.335 e. The molecule has 0 atom stereocenters. The zero-order valence-corrected chi connectivity index (χ0v) is 14.2. The van der Waals surface area contributed by atoms with Gasteiger partial charge in [0.25, 0.3) is 0 Å². The molecule has 1 radical (unpaired) electrons. The van der Waals surface area contributed by atoms with Gasteiger partial charge in [-0.15, -0.1) is 0 Å². The largest absolute Gasteiger partial charge is 0.339 e. The zero-order valence-electron chi connectivity index (χ0n) is 13.2. The highest BCUT2D eigenvalue weighted by Crippen LogP contribution is 2.05. The molecule has 0 aliphatic carbocycles. The van der Waals surface area contributed by atoms with Gasteiger partial charge in [0.2, 0.25) is 0 Å². The van der Waals surface area contributed by atoms with Crippen LogP contribution >= 0.6 is 0 Å². The highest BCUT2D eigenvalue weighted by atomic mass is 28.3. The third-order valence-electron chi connectivity index (χ3n) is 2.65. The average molecular weight is 299 g/mol. The molecule has 0 heterocycles. The van der Waals surface area contributed by atoms with E-state index in [1.807, 2.05) is 46.4 Å².